The first-order chi connectivity index (χ1) is 12.2. The van der Waals surface area contributed by atoms with E-state index >= 15 is 0 Å². The molecule has 4 heterocycles. The highest BCUT2D eigenvalue weighted by atomic mass is 16.5. The molecule has 2 aromatic rings. The van der Waals surface area contributed by atoms with E-state index in [1.165, 1.54) is 5.56 Å². The van der Waals surface area contributed by atoms with Crippen molar-refractivity contribution in [2.45, 2.75) is 37.3 Å². The number of hydrogen-bond acceptors (Lipinski definition) is 5. The van der Waals surface area contributed by atoms with Crippen molar-refractivity contribution in [1.29, 1.82) is 0 Å². The second-order valence-corrected chi connectivity index (χ2v) is 7.29. The van der Waals surface area contributed by atoms with Gasteiger partial charge in [-0.2, -0.15) is 5.10 Å². The van der Waals surface area contributed by atoms with Crippen LogP contribution in [0.25, 0.3) is 0 Å². The van der Waals surface area contributed by atoms with Gasteiger partial charge >= 0.3 is 0 Å². The molecule has 6 nitrogen and oxygen atoms in total. The lowest BCUT2D eigenvalue weighted by Crippen LogP contribution is -2.43. The van der Waals surface area contributed by atoms with E-state index in [0.29, 0.717) is 5.92 Å². The van der Waals surface area contributed by atoms with Crippen LogP contribution in [0, 0.1) is 0 Å². The minimum Gasteiger partial charge on any atom is -0.481 e. The van der Waals surface area contributed by atoms with Gasteiger partial charge in [0, 0.05) is 50.6 Å². The van der Waals surface area contributed by atoms with Crippen LogP contribution in [-0.4, -0.2) is 52.1 Å². The lowest BCUT2D eigenvalue weighted by atomic mass is 9.84. The van der Waals surface area contributed by atoms with Gasteiger partial charge < -0.3 is 9.47 Å². The fraction of sp³-hybridized carbons (Fsp3) is 0.579. The molecule has 0 amide bonds. The summed E-state index contributed by atoms with van der Waals surface area (Å²) < 4.78 is 13.6. The van der Waals surface area contributed by atoms with Gasteiger partial charge in [-0.15, -0.1) is 0 Å². The Kier molecular flexibility index (Phi) is 4.48. The molecule has 134 valence electrons. The molecule has 2 fully saturated rings. The predicted molar refractivity (Wildman–Crippen MR) is 94.5 cm³/mol. The highest BCUT2D eigenvalue weighted by molar-refractivity contribution is 5.25. The van der Waals surface area contributed by atoms with Crippen LogP contribution in [0.5, 0.6) is 5.88 Å². The van der Waals surface area contributed by atoms with E-state index in [-0.39, 0.29) is 5.60 Å². The number of aryl methyl sites for hydroxylation is 1. The molecule has 0 radical (unpaired) electrons. The maximum Gasteiger partial charge on any atom is 0.217 e. The Morgan fingerprint density at radius 1 is 1.36 bits per heavy atom. The van der Waals surface area contributed by atoms with Crippen molar-refractivity contribution in [3.05, 3.63) is 41.9 Å². The summed E-state index contributed by atoms with van der Waals surface area (Å²) in [5.41, 5.74) is 2.51. The Morgan fingerprint density at radius 2 is 2.20 bits per heavy atom. The summed E-state index contributed by atoms with van der Waals surface area (Å²) in [6.07, 6.45) is 9.17. The van der Waals surface area contributed by atoms with Crippen LogP contribution in [-0.2, 0) is 18.3 Å². The van der Waals surface area contributed by atoms with E-state index in [4.69, 9.17) is 9.47 Å². The number of rotatable bonds is 4. The van der Waals surface area contributed by atoms with Crippen molar-refractivity contribution in [3.8, 4) is 5.88 Å². The SMILES string of the molecule is COc1ncccc1CN1CCC2(CC1)CC(c1cnn(C)c1)CO2. The lowest BCUT2D eigenvalue weighted by molar-refractivity contribution is -0.0449. The van der Waals surface area contributed by atoms with E-state index in [0.717, 1.165) is 56.9 Å². The molecule has 4 rings (SSSR count). The lowest BCUT2D eigenvalue weighted by Gasteiger charge is -2.38. The summed E-state index contributed by atoms with van der Waals surface area (Å²) in [6, 6.07) is 4.07. The summed E-state index contributed by atoms with van der Waals surface area (Å²) in [5, 5.41) is 4.31. The van der Waals surface area contributed by atoms with Gasteiger partial charge in [0.1, 0.15) is 0 Å². The molecule has 1 spiro atoms. The average Bonchev–Trinajstić information content (AvgIpc) is 3.24. The van der Waals surface area contributed by atoms with Crippen molar-refractivity contribution >= 4 is 0 Å². The number of hydrogen-bond donors (Lipinski definition) is 0. The van der Waals surface area contributed by atoms with Gasteiger partial charge in [0.25, 0.3) is 0 Å². The Hall–Kier alpha value is -1.92. The first kappa shape index (κ1) is 16.5. The summed E-state index contributed by atoms with van der Waals surface area (Å²) in [4.78, 5) is 6.78. The quantitative estimate of drug-likeness (QED) is 0.854. The monoisotopic (exact) mass is 342 g/mol. The Morgan fingerprint density at radius 3 is 2.92 bits per heavy atom. The number of aromatic nitrogens is 3. The van der Waals surface area contributed by atoms with E-state index in [1.807, 2.05) is 24.0 Å². The number of piperidine rings is 1. The maximum absolute atomic E-state index is 6.30. The predicted octanol–water partition coefficient (Wildman–Crippen LogP) is 2.36. The summed E-state index contributed by atoms with van der Waals surface area (Å²) >= 11 is 0. The highest BCUT2D eigenvalue weighted by Crippen LogP contribution is 2.42. The topological polar surface area (TPSA) is 52.4 Å². The third-order valence-corrected chi connectivity index (χ3v) is 5.61. The largest absolute Gasteiger partial charge is 0.481 e. The second kappa shape index (κ2) is 6.77. The van der Waals surface area contributed by atoms with E-state index in [2.05, 4.69) is 27.2 Å². The van der Waals surface area contributed by atoms with Gasteiger partial charge in [0.2, 0.25) is 5.88 Å². The van der Waals surface area contributed by atoms with Crippen LogP contribution in [0.15, 0.2) is 30.7 Å². The molecule has 2 aliphatic rings. The van der Waals surface area contributed by atoms with E-state index in [1.54, 1.807) is 13.3 Å². The molecule has 6 heteroatoms. The van der Waals surface area contributed by atoms with Gasteiger partial charge in [0.05, 0.1) is 25.5 Å². The standard InChI is InChI=1S/C19H26N4O2/c1-22-12-17(11-21-22)16-10-19(25-14-16)5-8-23(9-6-19)13-15-4-3-7-20-18(15)24-2/h3-4,7,11-12,16H,5-6,8-10,13-14H2,1-2H3. The van der Waals surface area contributed by atoms with E-state index < -0.39 is 0 Å². The molecule has 0 aromatic carbocycles. The van der Waals surface area contributed by atoms with Gasteiger partial charge in [-0.1, -0.05) is 6.07 Å². The third kappa shape index (κ3) is 3.41. The fourth-order valence-corrected chi connectivity index (χ4v) is 4.15. The van der Waals surface area contributed by atoms with Crippen LogP contribution in [0.1, 0.15) is 36.3 Å². The summed E-state index contributed by atoms with van der Waals surface area (Å²) in [7, 11) is 3.66. The molecule has 2 saturated heterocycles. The molecular formula is C19H26N4O2. The fourth-order valence-electron chi connectivity index (χ4n) is 4.15. The molecular weight excluding hydrogens is 316 g/mol. The van der Waals surface area contributed by atoms with Crippen molar-refractivity contribution < 1.29 is 9.47 Å². The average molecular weight is 342 g/mol. The van der Waals surface area contributed by atoms with Crippen molar-refractivity contribution in [1.82, 2.24) is 19.7 Å². The summed E-state index contributed by atoms with van der Waals surface area (Å²) in [5.74, 6) is 1.22. The molecule has 0 saturated carbocycles. The highest BCUT2D eigenvalue weighted by Gasteiger charge is 2.43. The number of methoxy groups -OCH3 is 1. The van der Waals surface area contributed by atoms with Gasteiger partial charge in [-0.05, 0) is 30.9 Å². The normalized spacial score (nSPS) is 23.2. The van der Waals surface area contributed by atoms with Crippen LogP contribution >= 0.6 is 0 Å². The van der Waals surface area contributed by atoms with E-state index in [9.17, 15) is 0 Å². The maximum atomic E-state index is 6.30. The number of ether oxygens (including phenoxy) is 2. The van der Waals surface area contributed by atoms with Crippen molar-refractivity contribution in [2.75, 3.05) is 26.8 Å². The summed E-state index contributed by atoms with van der Waals surface area (Å²) in [6.45, 7) is 3.82. The Bertz CT molecular complexity index is 722. The molecule has 0 N–H and O–H groups in total. The minimum atomic E-state index is 0.0516. The zero-order valence-electron chi connectivity index (χ0n) is 15.0. The smallest absolute Gasteiger partial charge is 0.217 e. The molecule has 1 atom stereocenters. The Labute approximate surface area is 148 Å². The molecule has 0 bridgehead atoms. The third-order valence-electron chi connectivity index (χ3n) is 5.61. The van der Waals surface area contributed by atoms with Gasteiger partial charge in [0.15, 0.2) is 0 Å². The first-order valence-electron chi connectivity index (χ1n) is 9.00. The first-order valence-corrected chi connectivity index (χ1v) is 9.00. The number of nitrogens with zero attached hydrogens (tertiary/aromatic N) is 4. The second-order valence-electron chi connectivity index (χ2n) is 7.29. The van der Waals surface area contributed by atoms with Crippen LogP contribution in [0.4, 0.5) is 0 Å². The molecule has 2 aromatic heterocycles. The minimum absolute atomic E-state index is 0.0516. The van der Waals surface area contributed by atoms with Gasteiger partial charge in [-0.3, -0.25) is 9.58 Å². The van der Waals surface area contributed by atoms with Crippen LogP contribution in [0.3, 0.4) is 0 Å². The van der Waals surface area contributed by atoms with Crippen LogP contribution in [0.2, 0.25) is 0 Å². The van der Waals surface area contributed by atoms with Gasteiger partial charge in [-0.25, -0.2) is 4.98 Å². The molecule has 0 aliphatic carbocycles. The van der Waals surface area contributed by atoms with Crippen molar-refractivity contribution in [3.63, 3.8) is 0 Å². The number of pyridine rings is 1. The molecule has 1 unspecified atom stereocenters. The van der Waals surface area contributed by atoms with Crippen LogP contribution < -0.4 is 4.74 Å². The van der Waals surface area contributed by atoms with Crippen molar-refractivity contribution in [2.24, 2.45) is 7.05 Å². The molecule has 2 aliphatic heterocycles. The molecule has 25 heavy (non-hydrogen) atoms. The zero-order valence-corrected chi connectivity index (χ0v) is 15.0. The Balaban J connectivity index is 1.35. The zero-order chi connectivity index (χ0) is 17.3. The number of likely N-dealkylation sites (tertiary alicyclic amines) is 1.